The van der Waals surface area contributed by atoms with Crippen LogP contribution in [0.5, 0.6) is 23.0 Å². The summed E-state index contributed by atoms with van der Waals surface area (Å²) in [5.41, 5.74) is 0.749. The number of aromatic hydroxyl groups is 2. The lowest BCUT2D eigenvalue weighted by molar-refractivity contribution is -0.230. The van der Waals surface area contributed by atoms with Crippen molar-refractivity contribution in [1.82, 2.24) is 0 Å². The maximum Gasteiger partial charge on any atom is 0.341 e. The highest BCUT2D eigenvalue weighted by molar-refractivity contribution is 5.85. The van der Waals surface area contributed by atoms with Crippen molar-refractivity contribution in [1.29, 1.82) is 0 Å². The molecule has 0 bridgehead atoms. The number of benzene rings is 2. The van der Waals surface area contributed by atoms with E-state index < -0.39 is 12.6 Å². The highest BCUT2D eigenvalue weighted by Gasteiger charge is 2.05. The maximum absolute atomic E-state index is 10.5. The zero-order chi connectivity index (χ0) is 21.9. The molecule has 2 rings (SSSR count). The minimum Gasteiger partial charge on any atom is -0.507 e. The average Bonchev–Trinajstić information content (AvgIpc) is 2.72. The standard InChI is InChI=1S/C20H20N2O8/c1-13(30-27)29-17-3-5-19(24)15(9-17)11-22-7-6-21-10-14-8-16(2-4-18(14)23)28-12-20(25)26/h2-5,8-11,23-24,27H,1,6-7,12H2,(H,25,26). The summed E-state index contributed by atoms with van der Waals surface area (Å²) in [5, 5.41) is 36.8. The van der Waals surface area contributed by atoms with Crippen LogP contribution in [0.4, 0.5) is 0 Å². The van der Waals surface area contributed by atoms with E-state index in [2.05, 4.69) is 21.5 Å². The van der Waals surface area contributed by atoms with Gasteiger partial charge in [0.2, 0.25) is 0 Å². The van der Waals surface area contributed by atoms with Gasteiger partial charge in [-0.25, -0.2) is 4.79 Å². The first-order valence-corrected chi connectivity index (χ1v) is 8.57. The molecule has 2 aromatic carbocycles. The van der Waals surface area contributed by atoms with E-state index in [0.29, 0.717) is 30.0 Å². The van der Waals surface area contributed by atoms with E-state index in [1.165, 1.54) is 48.8 Å². The number of carbonyl (C=O) groups is 1. The first kappa shape index (κ1) is 22.2. The molecule has 0 aliphatic carbocycles. The molecule has 2 aromatic rings. The summed E-state index contributed by atoms with van der Waals surface area (Å²) in [4.78, 5) is 22.7. The third-order valence-electron chi connectivity index (χ3n) is 3.51. The number of carboxylic acid groups (broad SMARTS) is 1. The van der Waals surface area contributed by atoms with Gasteiger partial charge in [0, 0.05) is 23.6 Å². The number of hydrogen-bond donors (Lipinski definition) is 4. The summed E-state index contributed by atoms with van der Waals surface area (Å²) >= 11 is 0. The van der Waals surface area contributed by atoms with Crippen molar-refractivity contribution in [2.45, 2.75) is 0 Å². The molecule has 0 aromatic heterocycles. The van der Waals surface area contributed by atoms with Gasteiger partial charge in [0.15, 0.2) is 6.61 Å². The summed E-state index contributed by atoms with van der Waals surface area (Å²) in [6.07, 6.45) is 2.85. The topological polar surface area (TPSA) is 150 Å². The third kappa shape index (κ3) is 7.17. The highest BCUT2D eigenvalue weighted by Crippen LogP contribution is 2.23. The van der Waals surface area contributed by atoms with Crippen molar-refractivity contribution in [3.8, 4) is 23.0 Å². The molecular formula is C20H20N2O8. The van der Waals surface area contributed by atoms with Gasteiger partial charge in [-0.3, -0.25) is 9.98 Å². The molecule has 0 saturated heterocycles. The van der Waals surface area contributed by atoms with Gasteiger partial charge >= 0.3 is 11.9 Å². The molecule has 10 heteroatoms. The Balaban J connectivity index is 1.91. The summed E-state index contributed by atoms with van der Waals surface area (Å²) in [7, 11) is 0. The SMILES string of the molecule is C=C(OO)Oc1ccc(O)c(C=NCCN=Cc2cc(OCC(=O)O)ccc2O)c1. The fourth-order valence-electron chi connectivity index (χ4n) is 2.16. The molecule has 4 N–H and O–H groups in total. The zero-order valence-electron chi connectivity index (χ0n) is 15.8. The molecule has 0 aliphatic heterocycles. The van der Waals surface area contributed by atoms with Gasteiger partial charge in [0.25, 0.3) is 0 Å². The van der Waals surface area contributed by atoms with Gasteiger partial charge < -0.3 is 29.7 Å². The van der Waals surface area contributed by atoms with Crippen LogP contribution >= 0.6 is 0 Å². The molecule has 0 saturated carbocycles. The summed E-state index contributed by atoms with van der Waals surface area (Å²) in [5.74, 6) is -0.897. The van der Waals surface area contributed by atoms with Crippen LogP contribution in [0.25, 0.3) is 0 Å². The van der Waals surface area contributed by atoms with Gasteiger partial charge in [-0.05, 0) is 43.0 Å². The van der Waals surface area contributed by atoms with E-state index in [-0.39, 0.29) is 23.2 Å². The fraction of sp³-hybridized carbons (Fsp3) is 0.150. The average molecular weight is 416 g/mol. The Morgan fingerprint density at radius 3 is 2.03 bits per heavy atom. The number of phenols is 2. The van der Waals surface area contributed by atoms with E-state index >= 15 is 0 Å². The van der Waals surface area contributed by atoms with Gasteiger partial charge in [-0.2, -0.15) is 5.26 Å². The van der Waals surface area contributed by atoms with E-state index in [9.17, 15) is 15.0 Å². The summed E-state index contributed by atoms with van der Waals surface area (Å²) in [6.45, 7) is 3.41. The molecule has 10 nitrogen and oxygen atoms in total. The minimum atomic E-state index is -1.11. The quantitative estimate of drug-likeness (QED) is 0.143. The lowest BCUT2D eigenvalue weighted by atomic mass is 10.2. The number of aliphatic carboxylic acids is 1. The molecule has 30 heavy (non-hydrogen) atoms. The lowest BCUT2D eigenvalue weighted by Crippen LogP contribution is -2.09. The van der Waals surface area contributed by atoms with Gasteiger partial charge in [0.1, 0.15) is 23.0 Å². The largest absolute Gasteiger partial charge is 0.507 e. The highest BCUT2D eigenvalue weighted by atomic mass is 17.1. The summed E-state index contributed by atoms with van der Waals surface area (Å²) < 4.78 is 10.1. The molecule has 0 aliphatic rings. The van der Waals surface area contributed by atoms with Crippen LogP contribution in [0.1, 0.15) is 11.1 Å². The third-order valence-corrected chi connectivity index (χ3v) is 3.51. The lowest BCUT2D eigenvalue weighted by Gasteiger charge is -2.06. The van der Waals surface area contributed by atoms with E-state index in [1.54, 1.807) is 0 Å². The zero-order valence-corrected chi connectivity index (χ0v) is 15.8. The van der Waals surface area contributed by atoms with Crippen molar-refractivity contribution >= 4 is 18.4 Å². The van der Waals surface area contributed by atoms with Crippen LogP contribution in [0.2, 0.25) is 0 Å². The van der Waals surface area contributed by atoms with Gasteiger partial charge in [-0.1, -0.05) is 0 Å². The van der Waals surface area contributed by atoms with Crippen LogP contribution in [-0.4, -0.2) is 58.7 Å². The smallest absolute Gasteiger partial charge is 0.341 e. The molecule has 0 unspecified atom stereocenters. The van der Waals surface area contributed by atoms with E-state index in [4.69, 9.17) is 19.8 Å². The number of aliphatic imine (C=N–C) groups is 2. The molecule has 0 radical (unpaired) electrons. The Bertz CT molecular complexity index is 956. The predicted molar refractivity (Wildman–Crippen MR) is 108 cm³/mol. The van der Waals surface area contributed by atoms with Crippen molar-refractivity contribution in [3.63, 3.8) is 0 Å². The number of ether oxygens (including phenoxy) is 2. The molecule has 0 amide bonds. The Morgan fingerprint density at radius 1 is 0.967 bits per heavy atom. The normalized spacial score (nSPS) is 11.0. The second kappa shape index (κ2) is 11.1. The van der Waals surface area contributed by atoms with Crippen LogP contribution in [0, 0.1) is 0 Å². The molecule has 0 heterocycles. The van der Waals surface area contributed by atoms with Gasteiger partial charge in [0.05, 0.1) is 13.1 Å². The van der Waals surface area contributed by atoms with E-state index in [0.717, 1.165) is 0 Å². The maximum atomic E-state index is 10.5. The number of carboxylic acids is 1. The Kier molecular flexibility index (Phi) is 8.21. The second-order valence-corrected chi connectivity index (χ2v) is 5.76. The van der Waals surface area contributed by atoms with Crippen LogP contribution < -0.4 is 9.47 Å². The molecule has 0 fully saturated rings. The van der Waals surface area contributed by atoms with Crippen molar-refractivity contribution in [2.24, 2.45) is 9.98 Å². The van der Waals surface area contributed by atoms with E-state index in [1.807, 2.05) is 0 Å². The van der Waals surface area contributed by atoms with Crippen LogP contribution in [-0.2, 0) is 9.68 Å². The van der Waals surface area contributed by atoms with Crippen molar-refractivity contribution < 1.29 is 39.7 Å². The Hall–Kier alpha value is -4.05. The van der Waals surface area contributed by atoms with Gasteiger partial charge in [-0.15, -0.1) is 0 Å². The summed E-state index contributed by atoms with van der Waals surface area (Å²) in [6, 6.07) is 8.63. The monoisotopic (exact) mass is 416 g/mol. The number of hydrogen-bond acceptors (Lipinski definition) is 9. The number of phenolic OH excluding ortho intramolecular Hbond substituents is 2. The number of rotatable bonds is 11. The fourth-order valence-corrected chi connectivity index (χ4v) is 2.16. The molecule has 158 valence electrons. The molecule has 0 atom stereocenters. The van der Waals surface area contributed by atoms with Crippen molar-refractivity contribution in [2.75, 3.05) is 19.7 Å². The van der Waals surface area contributed by atoms with Crippen molar-refractivity contribution in [3.05, 3.63) is 60.0 Å². The Labute approximate surface area is 171 Å². The first-order chi connectivity index (χ1) is 14.4. The van der Waals surface area contributed by atoms with Crippen LogP contribution in [0.3, 0.4) is 0 Å². The first-order valence-electron chi connectivity index (χ1n) is 8.57. The van der Waals surface area contributed by atoms with Crippen LogP contribution in [0.15, 0.2) is 58.9 Å². The minimum absolute atomic E-state index is 0.0202. The second-order valence-electron chi connectivity index (χ2n) is 5.76. The number of nitrogens with zero attached hydrogens (tertiary/aromatic N) is 2. The molecule has 0 spiro atoms. The molecular weight excluding hydrogens is 396 g/mol. The Morgan fingerprint density at radius 2 is 1.50 bits per heavy atom. The predicted octanol–water partition coefficient (Wildman–Crippen LogP) is 2.44.